The molecule has 1 saturated carbocycles. The molecule has 1 aliphatic carbocycles. The Kier molecular flexibility index (Phi) is 4.71. The first kappa shape index (κ1) is 16.1. The lowest BCUT2D eigenvalue weighted by molar-refractivity contribution is -0.127. The molecule has 0 aliphatic heterocycles. The Balaban J connectivity index is 1.84. The second-order valence-electron chi connectivity index (χ2n) is 6.18. The molecule has 1 aliphatic rings. The number of rotatable bonds is 6. The van der Waals surface area contributed by atoms with Gasteiger partial charge in [0.25, 0.3) is 0 Å². The van der Waals surface area contributed by atoms with Gasteiger partial charge in [0.15, 0.2) is 5.16 Å². The minimum Gasteiger partial charge on any atom is -0.348 e. The van der Waals surface area contributed by atoms with E-state index in [0.29, 0.717) is 5.92 Å². The Morgan fingerprint density at radius 1 is 1.30 bits per heavy atom. The zero-order valence-corrected chi connectivity index (χ0v) is 14.6. The quantitative estimate of drug-likeness (QED) is 0.764. The van der Waals surface area contributed by atoms with Gasteiger partial charge >= 0.3 is 0 Å². The van der Waals surface area contributed by atoms with Crippen LogP contribution in [0.2, 0.25) is 0 Å². The van der Waals surface area contributed by atoms with Gasteiger partial charge in [0.05, 0.1) is 11.8 Å². The van der Waals surface area contributed by atoms with Crippen LogP contribution in [-0.2, 0) is 11.3 Å². The normalized spacial score (nSPS) is 15.4. The molecule has 0 spiro atoms. The molecule has 0 unspecified atom stereocenters. The van der Waals surface area contributed by atoms with E-state index in [-0.39, 0.29) is 11.2 Å². The van der Waals surface area contributed by atoms with Crippen molar-refractivity contribution in [2.75, 3.05) is 14.1 Å². The van der Waals surface area contributed by atoms with Gasteiger partial charge in [-0.15, -0.1) is 10.2 Å². The molecule has 0 saturated heterocycles. The molecule has 6 heteroatoms. The van der Waals surface area contributed by atoms with E-state index in [1.54, 1.807) is 19.0 Å². The summed E-state index contributed by atoms with van der Waals surface area (Å²) >= 11 is 1.49. The van der Waals surface area contributed by atoms with Gasteiger partial charge in [-0.3, -0.25) is 4.79 Å². The van der Waals surface area contributed by atoms with E-state index >= 15 is 0 Å². The molecule has 0 bridgehead atoms. The lowest BCUT2D eigenvalue weighted by Crippen LogP contribution is -2.29. The lowest BCUT2D eigenvalue weighted by Gasteiger charge is -2.16. The molecule has 122 valence electrons. The van der Waals surface area contributed by atoms with Crippen LogP contribution in [-0.4, -0.2) is 44.9 Å². The van der Waals surface area contributed by atoms with Crippen molar-refractivity contribution in [2.45, 2.75) is 42.6 Å². The van der Waals surface area contributed by atoms with E-state index in [4.69, 9.17) is 0 Å². The molecule has 1 amide bonds. The molecule has 5 nitrogen and oxygen atoms in total. The third-order valence-corrected chi connectivity index (χ3v) is 5.01. The van der Waals surface area contributed by atoms with Crippen molar-refractivity contribution in [3.8, 4) is 0 Å². The van der Waals surface area contributed by atoms with E-state index in [1.165, 1.54) is 30.2 Å². The van der Waals surface area contributed by atoms with Crippen molar-refractivity contribution in [1.29, 1.82) is 0 Å². The van der Waals surface area contributed by atoms with Crippen molar-refractivity contribution >= 4 is 17.7 Å². The zero-order valence-electron chi connectivity index (χ0n) is 13.8. The zero-order chi connectivity index (χ0) is 16.4. The first-order chi connectivity index (χ1) is 11.1. The minimum absolute atomic E-state index is 0.0947. The molecule has 1 heterocycles. The molecular formula is C17H22N4OS. The summed E-state index contributed by atoms with van der Waals surface area (Å²) in [6.07, 6.45) is 2.37. The van der Waals surface area contributed by atoms with Gasteiger partial charge < -0.3 is 9.47 Å². The third-order valence-electron chi connectivity index (χ3n) is 3.94. The van der Waals surface area contributed by atoms with Crippen LogP contribution in [0.4, 0.5) is 0 Å². The summed E-state index contributed by atoms with van der Waals surface area (Å²) < 4.78 is 2.18. The molecule has 1 aromatic carbocycles. The predicted molar refractivity (Wildman–Crippen MR) is 91.6 cm³/mol. The summed E-state index contributed by atoms with van der Waals surface area (Å²) in [6.45, 7) is 2.68. The highest BCUT2D eigenvalue weighted by Crippen LogP contribution is 2.40. The van der Waals surface area contributed by atoms with E-state index in [9.17, 15) is 4.79 Å². The van der Waals surface area contributed by atoms with Crippen LogP contribution in [0.5, 0.6) is 0 Å². The fraction of sp³-hybridized carbons (Fsp3) is 0.471. The number of amides is 1. The van der Waals surface area contributed by atoms with E-state index in [1.807, 2.05) is 25.1 Å². The third kappa shape index (κ3) is 3.75. The Bertz CT molecular complexity index is 679. The highest BCUT2D eigenvalue weighted by molar-refractivity contribution is 8.00. The van der Waals surface area contributed by atoms with Crippen molar-refractivity contribution in [2.24, 2.45) is 0 Å². The van der Waals surface area contributed by atoms with Gasteiger partial charge in [0.1, 0.15) is 5.82 Å². The highest BCUT2D eigenvalue weighted by Gasteiger charge is 2.31. The summed E-state index contributed by atoms with van der Waals surface area (Å²) in [6, 6.07) is 10.3. The SMILES string of the molecule is C[C@@H](Sc1nnc(C2CC2)n1Cc1ccccc1)C(=O)N(C)C. The fourth-order valence-corrected chi connectivity index (χ4v) is 3.52. The second-order valence-corrected chi connectivity index (χ2v) is 7.49. The van der Waals surface area contributed by atoms with Crippen LogP contribution >= 0.6 is 11.8 Å². The van der Waals surface area contributed by atoms with Crippen LogP contribution in [0.25, 0.3) is 0 Å². The van der Waals surface area contributed by atoms with Crippen LogP contribution < -0.4 is 0 Å². The van der Waals surface area contributed by atoms with E-state index < -0.39 is 0 Å². The summed E-state index contributed by atoms with van der Waals surface area (Å²) in [5.74, 6) is 1.68. The second kappa shape index (κ2) is 6.74. The number of hydrogen-bond donors (Lipinski definition) is 0. The number of carbonyl (C=O) groups excluding carboxylic acids is 1. The maximum absolute atomic E-state index is 12.1. The standard InChI is InChI=1S/C17H22N4OS/c1-12(16(22)20(2)3)23-17-19-18-15(14-9-10-14)21(17)11-13-7-5-4-6-8-13/h4-8,12,14H,9-11H2,1-3H3/t12-/m1/s1. The van der Waals surface area contributed by atoms with Gasteiger partial charge in [-0.2, -0.15) is 0 Å². The van der Waals surface area contributed by atoms with E-state index in [0.717, 1.165) is 17.5 Å². The van der Waals surface area contributed by atoms with Crippen molar-refractivity contribution in [1.82, 2.24) is 19.7 Å². The van der Waals surface area contributed by atoms with Crippen molar-refractivity contribution < 1.29 is 4.79 Å². The monoisotopic (exact) mass is 330 g/mol. The summed E-state index contributed by atoms with van der Waals surface area (Å²) in [5.41, 5.74) is 1.22. The maximum atomic E-state index is 12.1. The minimum atomic E-state index is -0.171. The number of aromatic nitrogens is 3. The smallest absolute Gasteiger partial charge is 0.235 e. The Hall–Kier alpha value is -1.82. The molecule has 3 rings (SSSR count). The number of hydrogen-bond acceptors (Lipinski definition) is 4. The molecule has 1 atom stereocenters. The van der Waals surface area contributed by atoms with Gasteiger partial charge in [-0.1, -0.05) is 42.1 Å². The Morgan fingerprint density at radius 3 is 2.61 bits per heavy atom. The fourth-order valence-electron chi connectivity index (χ4n) is 2.52. The average Bonchev–Trinajstić information content (AvgIpc) is 3.32. The number of nitrogens with zero attached hydrogens (tertiary/aromatic N) is 4. The average molecular weight is 330 g/mol. The number of carbonyl (C=O) groups is 1. The summed E-state index contributed by atoms with van der Waals surface area (Å²) in [5, 5.41) is 9.42. The molecule has 1 fully saturated rings. The van der Waals surface area contributed by atoms with Gasteiger partial charge in [0, 0.05) is 20.0 Å². The molecule has 0 radical (unpaired) electrons. The van der Waals surface area contributed by atoms with Gasteiger partial charge in [-0.05, 0) is 25.3 Å². The Morgan fingerprint density at radius 2 is 2.00 bits per heavy atom. The first-order valence-corrected chi connectivity index (χ1v) is 8.79. The lowest BCUT2D eigenvalue weighted by atomic mass is 10.2. The van der Waals surface area contributed by atoms with Crippen molar-refractivity contribution in [3.05, 3.63) is 41.7 Å². The van der Waals surface area contributed by atoms with Crippen LogP contribution in [0.1, 0.15) is 37.1 Å². The maximum Gasteiger partial charge on any atom is 0.235 e. The van der Waals surface area contributed by atoms with Gasteiger partial charge in [0.2, 0.25) is 5.91 Å². The summed E-state index contributed by atoms with van der Waals surface area (Å²) in [4.78, 5) is 13.7. The largest absolute Gasteiger partial charge is 0.348 e. The van der Waals surface area contributed by atoms with Crippen LogP contribution in [0, 0.1) is 0 Å². The molecule has 0 N–H and O–H groups in total. The van der Waals surface area contributed by atoms with Crippen LogP contribution in [0.15, 0.2) is 35.5 Å². The predicted octanol–water partition coefficient (Wildman–Crippen LogP) is 2.77. The molecule has 2 aromatic rings. The number of benzene rings is 1. The van der Waals surface area contributed by atoms with Crippen LogP contribution in [0.3, 0.4) is 0 Å². The molecular weight excluding hydrogens is 308 g/mol. The molecule has 23 heavy (non-hydrogen) atoms. The summed E-state index contributed by atoms with van der Waals surface area (Å²) in [7, 11) is 3.56. The topological polar surface area (TPSA) is 51.0 Å². The highest BCUT2D eigenvalue weighted by atomic mass is 32.2. The van der Waals surface area contributed by atoms with Gasteiger partial charge in [-0.25, -0.2) is 0 Å². The first-order valence-electron chi connectivity index (χ1n) is 7.91. The van der Waals surface area contributed by atoms with E-state index in [2.05, 4.69) is 26.9 Å². The molecule has 1 aromatic heterocycles. The van der Waals surface area contributed by atoms with Crippen molar-refractivity contribution in [3.63, 3.8) is 0 Å². The Labute approximate surface area is 141 Å². The number of thioether (sulfide) groups is 1.